The quantitative estimate of drug-likeness (QED) is 0.782. The minimum atomic E-state index is -0.406. The van der Waals surface area contributed by atoms with Crippen molar-refractivity contribution in [3.05, 3.63) is 29.6 Å². The van der Waals surface area contributed by atoms with Gasteiger partial charge in [0.2, 0.25) is 0 Å². The lowest BCUT2D eigenvalue weighted by molar-refractivity contribution is 0.497. The molecule has 0 fully saturated rings. The predicted octanol–water partition coefficient (Wildman–Crippen LogP) is 3.12. The van der Waals surface area contributed by atoms with Gasteiger partial charge in [0.15, 0.2) is 0 Å². The minimum absolute atomic E-state index is 0.198. The van der Waals surface area contributed by atoms with Gasteiger partial charge in [-0.3, -0.25) is 0 Å². The van der Waals surface area contributed by atoms with Gasteiger partial charge in [0.05, 0.1) is 11.5 Å². The molecule has 3 heteroatoms. The number of rotatable bonds is 3. The Hall–Kier alpha value is -1.56. The number of anilines is 1. The normalized spacial score (nSPS) is 11.0. The van der Waals surface area contributed by atoms with E-state index in [9.17, 15) is 4.39 Å². The molecule has 2 nitrogen and oxygen atoms in total. The van der Waals surface area contributed by atoms with Crippen molar-refractivity contribution >= 4 is 5.69 Å². The molecule has 0 spiro atoms. The third-order valence-corrected chi connectivity index (χ3v) is 2.52. The van der Waals surface area contributed by atoms with Crippen LogP contribution < -0.4 is 4.90 Å². The van der Waals surface area contributed by atoms with E-state index in [0.29, 0.717) is 12.1 Å². The molecule has 0 aliphatic heterocycles. The Morgan fingerprint density at radius 1 is 1.44 bits per heavy atom. The van der Waals surface area contributed by atoms with E-state index in [1.54, 1.807) is 19.1 Å². The van der Waals surface area contributed by atoms with Gasteiger partial charge in [-0.25, -0.2) is 4.39 Å². The van der Waals surface area contributed by atoms with E-state index in [0.717, 1.165) is 5.69 Å². The second kappa shape index (κ2) is 4.52. The second-order valence-corrected chi connectivity index (χ2v) is 4.79. The highest BCUT2D eigenvalue weighted by atomic mass is 19.1. The van der Waals surface area contributed by atoms with E-state index >= 15 is 0 Å². The van der Waals surface area contributed by atoms with Crippen LogP contribution in [0, 0.1) is 29.5 Å². The van der Waals surface area contributed by atoms with Crippen molar-refractivity contribution in [2.75, 3.05) is 18.5 Å². The van der Waals surface area contributed by atoms with E-state index in [4.69, 9.17) is 5.26 Å². The summed E-state index contributed by atoms with van der Waals surface area (Å²) in [5, 5.41) is 8.95. The van der Waals surface area contributed by atoms with Crippen molar-refractivity contribution in [1.82, 2.24) is 0 Å². The highest BCUT2D eigenvalue weighted by Gasteiger charge is 2.19. The predicted molar refractivity (Wildman–Crippen MR) is 63.8 cm³/mol. The Bertz CT molecular complexity index is 418. The van der Waals surface area contributed by atoms with Gasteiger partial charge in [0, 0.05) is 19.3 Å². The van der Waals surface area contributed by atoms with Gasteiger partial charge >= 0.3 is 0 Å². The number of hydrogen-bond donors (Lipinski definition) is 0. The lowest BCUT2D eigenvalue weighted by atomic mass is 9.95. The standard InChI is InChI=1S/C13H17FN2/c1-10-7-11(5-6-12(10)14)16(4)9-13(2,3)8-15/h5-7H,9H2,1-4H3. The maximum Gasteiger partial charge on any atom is 0.126 e. The number of halogens is 1. The lowest BCUT2D eigenvalue weighted by Crippen LogP contribution is -2.30. The van der Waals surface area contributed by atoms with Crippen LogP contribution in [0.4, 0.5) is 10.1 Å². The summed E-state index contributed by atoms with van der Waals surface area (Å²) in [5.41, 5.74) is 1.15. The van der Waals surface area contributed by atoms with Crippen LogP contribution in [-0.4, -0.2) is 13.6 Å². The molecule has 0 unspecified atom stereocenters. The molecule has 0 aliphatic carbocycles. The Labute approximate surface area is 96.3 Å². The summed E-state index contributed by atoms with van der Waals surface area (Å²) in [6, 6.07) is 7.24. The molecule has 0 atom stereocenters. The third kappa shape index (κ3) is 2.96. The molecule has 0 heterocycles. The average molecular weight is 220 g/mol. The molecule has 1 rings (SSSR count). The fourth-order valence-corrected chi connectivity index (χ4v) is 1.59. The first-order chi connectivity index (χ1) is 7.35. The van der Waals surface area contributed by atoms with Crippen LogP contribution in [0.25, 0.3) is 0 Å². The van der Waals surface area contributed by atoms with Gasteiger partial charge in [0.25, 0.3) is 0 Å². The lowest BCUT2D eigenvalue weighted by Gasteiger charge is -2.26. The van der Waals surface area contributed by atoms with Crippen molar-refractivity contribution in [2.45, 2.75) is 20.8 Å². The van der Waals surface area contributed by atoms with Gasteiger partial charge in [-0.05, 0) is 44.5 Å². The number of nitrogens with zero attached hydrogens (tertiary/aromatic N) is 2. The van der Waals surface area contributed by atoms with Gasteiger partial charge in [-0.15, -0.1) is 0 Å². The largest absolute Gasteiger partial charge is 0.373 e. The SMILES string of the molecule is Cc1cc(N(C)CC(C)(C)C#N)ccc1F. The van der Waals surface area contributed by atoms with Crippen LogP contribution in [0.5, 0.6) is 0 Å². The fourth-order valence-electron chi connectivity index (χ4n) is 1.59. The fraction of sp³-hybridized carbons (Fsp3) is 0.462. The molecule has 0 aliphatic rings. The van der Waals surface area contributed by atoms with Crippen LogP contribution in [-0.2, 0) is 0 Å². The number of hydrogen-bond acceptors (Lipinski definition) is 2. The van der Waals surface area contributed by atoms with Crippen LogP contribution >= 0.6 is 0 Å². The Morgan fingerprint density at radius 2 is 2.06 bits per heavy atom. The van der Waals surface area contributed by atoms with Crippen molar-refractivity contribution < 1.29 is 4.39 Å². The first kappa shape index (κ1) is 12.5. The van der Waals surface area contributed by atoms with E-state index < -0.39 is 5.41 Å². The maximum atomic E-state index is 13.1. The van der Waals surface area contributed by atoms with Crippen molar-refractivity contribution in [2.24, 2.45) is 5.41 Å². The van der Waals surface area contributed by atoms with Crippen LogP contribution in [0.2, 0.25) is 0 Å². The molecule has 16 heavy (non-hydrogen) atoms. The maximum absolute atomic E-state index is 13.1. The van der Waals surface area contributed by atoms with Crippen molar-refractivity contribution in [3.63, 3.8) is 0 Å². The zero-order chi connectivity index (χ0) is 12.3. The number of benzene rings is 1. The topological polar surface area (TPSA) is 27.0 Å². The number of aryl methyl sites for hydroxylation is 1. The van der Waals surface area contributed by atoms with Crippen molar-refractivity contribution in [3.8, 4) is 6.07 Å². The Balaban J connectivity index is 2.86. The van der Waals surface area contributed by atoms with Gasteiger partial charge < -0.3 is 4.90 Å². The van der Waals surface area contributed by atoms with Crippen LogP contribution in [0.15, 0.2) is 18.2 Å². The average Bonchev–Trinajstić information content (AvgIpc) is 2.21. The summed E-state index contributed by atoms with van der Waals surface area (Å²) < 4.78 is 13.1. The van der Waals surface area contributed by atoms with Crippen molar-refractivity contribution in [1.29, 1.82) is 5.26 Å². The first-order valence-corrected chi connectivity index (χ1v) is 5.24. The molecule has 0 N–H and O–H groups in total. The van der Waals surface area contributed by atoms with Gasteiger partial charge in [0.1, 0.15) is 5.82 Å². The monoisotopic (exact) mass is 220 g/mol. The van der Waals surface area contributed by atoms with E-state index in [1.807, 2.05) is 25.8 Å². The van der Waals surface area contributed by atoms with Gasteiger partial charge in [-0.1, -0.05) is 0 Å². The summed E-state index contributed by atoms with van der Waals surface area (Å²) in [4.78, 5) is 1.97. The molecule has 1 aromatic carbocycles. The summed E-state index contributed by atoms with van der Waals surface area (Å²) in [5.74, 6) is -0.198. The zero-order valence-electron chi connectivity index (χ0n) is 10.2. The Kier molecular flexibility index (Phi) is 3.54. The second-order valence-electron chi connectivity index (χ2n) is 4.79. The molecule has 0 saturated heterocycles. The summed E-state index contributed by atoms with van der Waals surface area (Å²) in [6.07, 6.45) is 0. The third-order valence-electron chi connectivity index (χ3n) is 2.52. The Morgan fingerprint density at radius 3 is 2.56 bits per heavy atom. The van der Waals surface area contributed by atoms with Crippen LogP contribution in [0.1, 0.15) is 19.4 Å². The summed E-state index contributed by atoms with van der Waals surface area (Å²) >= 11 is 0. The van der Waals surface area contributed by atoms with Gasteiger partial charge in [-0.2, -0.15) is 5.26 Å². The zero-order valence-corrected chi connectivity index (χ0v) is 10.2. The first-order valence-electron chi connectivity index (χ1n) is 5.24. The summed E-state index contributed by atoms with van der Waals surface area (Å²) in [6.45, 7) is 6.14. The van der Waals surface area contributed by atoms with E-state index in [1.165, 1.54) is 6.07 Å². The smallest absolute Gasteiger partial charge is 0.126 e. The molecule has 0 bridgehead atoms. The molecule has 0 saturated carbocycles. The summed E-state index contributed by atoms with van der Waals surface area (Å²) in [7, 11) is 1.91. The molecule has 86 valence electrons. The molecule has 0 aromatic heterocycles. The molecule has 0 amide bonds. The molecular weight excluding hydrogens is 203 g/mol. The van der Waals surface area contributed by atoms with Crippen LogP contribution in [0.3, 0.4) is 0 Å². The van der Waals surface area contributed by atoms with E-state index in [-0.39, 0.29) is 5.82 Å². The highest BCUT2D eigenvalue weighted by Crippen LogP contribution is 2.22. The molecular formula is C13H17FN2. The van der Waals surface area contributed by atoms with E-state index in [2.05, 4.69) is 6.07 Å². The molecule has 0 radical (unpaired) electrons. The highest BCUT2D eigenvalue weighted by molar-refractivity contribution is 5.48. The number of nitriles is 1. The molecule has 1 aromatic rings. The minimum Gasteiger partial charge on any atom is -0.373 e.